The van der Waals surface area contributed by atoms with E-state index in [9.17, 15) is 0 Å². The van der Waals surface area contributed by atoms with Gasteiger partial charge in [0, 0.05) is 6.04 Å². The summed E-state index contributed by atoms with van der Waals surface area (Å²) in [6.07, 6.45) is 4.19. The molecule has 0 amide bonds. The van der Waals surface area contributed by atoms with Crippen molar-refractivity contribution >= 4 is 12.4 Å². The molecular weight excluding hydrogens is 146 g/mol. The molecule has 62 valence electrons. The highest BCUT2D eigenvalue weighted by Gasteiger charge is 2.10. The van der Waals surface area contributed by atoms with Gasteiger partial charge in [-0.15, -0.1) is 12.4 Å². The van der Waals surface area contributed by atoms with E-state index in [4.69, 9.17) is 0 Å². The second-order valence-corrected chi connectivity index (χ2v) is 3.35. The number of hydrogen-bond acceptors (Lipinski definition) is 1. The molecule has 1 rings (SSSR count). The summed E-state index contributed by atoms with van der Waals surface area (Å²) in [4.78, 5) is 0. The van der Waals surface area contributed by atoms with E-state index in [1.807, 2.05) is 0 Å². The van der Waals surface area contributed by atoms with E-state index in [1.54, 1.807) is 0 Å². The summed E-state index contributed by atoms with van der Waals surface area (Å²) in [7, 11) is 0. The van der Waals surface area contributed by atoms with Crippen LogP contribution in [0.15, 0.2) is 0 Å². The molecule has 0 saturated carbocycles. The van der Waals surface area contributed by atoms with Crippen molar-refractivity contribution in [3.63, 3.8) is 0 Å². The highest BCUT2D eigenvalue weighted by molar-refractivity contribution is 5.85. The van der Waals surface area contributed by atoms with Crippen LogP contribution in [-0.4, -0.2) is 12.6 Å². The van der Waals surface area contributed by atoms with Crippen molar-refractivity contribution in [2.75, 3.05) is 6.54 Å². The van der Waals surface area contributed by atoms with E-state index in [0.717, 1.165) is 12.0 Å². The minimum Gasteiger partial charge on any atom is -0.314 e. The summed E-state index contributed by atoms with van der Waals surface area (Å²) in [5.41, 5.74) is 0. The zero-order valence-corrected chi connectivity index (χ0v) is 7.71. The van der Waals surface area contributed by atoms with Gasteiger partial charge in [0.05, 0.1) is 0 Å². The number of rotatable bonds is 0. The fourth-order valence-electron chi connectivity index (χ4n) is 1.38. The maximum absolute atomic E-state index is 3.49. The van der Waals surface area contributed by atoms with Crippen molar-refractivity contribution in [2.24, 2.45) is 5.92 Å². The van der Waals surface area contributed by atoms with Gasteiger partial charge in [-0.05, 0) is 32.2 Å². The Kier molecular flexibility index (Phi) is 5.10. The lowest BCUT2D eigenvalue weighted by molar-refractivity contribution is 0.503. The van der Waals surface area contributed by atoms with Gasteiger partial charge in [0.25, 0.3) is 0 Å². The van der Waals surface area contributed by atoms with Gasteiger partial charge in [-0.25, -0.2) is 0 Å². The molecule has 0 aromatic carbocycles. The SMILES string of the molecule is C[C@@H]1CCC[C@@H](C)NC1.Cl. The first kappa shape index (κ1) is 10.2. The molecule has 1 fully saturated rings. The Bertz CT molecular complexity index is 75.3. The predicted molar refractivity (Wildman–Crippen MR) is 47.7 cm³/mol. The van der Waals surface area contributed by atoms with Crippen LogP contribution in [0.2, 0.25) is 0 Å². The van der Waals surface area contributed by atoms with Crippen molar-refractivity contribution in [1.29, 1.82) is 0 Å². The van der Waals surface area contributed by atoms with Crippen molar-refractivity contribution in [3.05, 3.63) is 0 Å². The molecule has 0 unspecified atom stereocenters. The van der Waals surface area contributed by atoms with Crippen LogP contribution in [0.5, 0.6) is 0 Å². The molecule has 1 aliphatic heterocycles. The maximum atomic E-state index is 3.49. The summed E-state index contributed by atoms with van der Waals surface area (Å²) in [6.45, 7) is 5.82. The molecule has 1 N–H and O–H groups in total. The van der Waals surface area contributed by atoms with E-state index < -0.39 is 0 Å². The molecule has 2 atom stereocenters. The number of halogens is 1. The lowest BCUT2D eigenvalue weighted by Gasteiger charge is -2.09. The van der Waals surface area contributed by atoms with E-state index in [2.05, 4.69) is 19.2 Å². The van der Waals surface area contributed by atoms with E-state index in [1.165, 1.54) is 25.8 Å². The van der Waals surface area contributed by atoms with Crippen molar-refractivity contribution in [3.8, 4) is 0 Å². The minimum absolute atomic E-state index is 0. The van der Waals surface area contributed by atoms with E-state index >= 15 is 0 Å². The van der Waals surface area contributed by atoms with Gasteiger partial charge in [0.1, 0.15) is 0 Å². The third-order valence-corrected chi connectivity index (χ3v) is 2.15. The Labute approximate surface area is 70.0 Å². The molecule has 0 aromatic rings. The Morgan fingerprint density at radius 3 is 2.60 bits per heavy atom. The molecule has 0 radical (unpaired) electrons. The fourth-order valence-corrected chi connectivity index (χ4v) is 1.38. The highest BCUT2D eigenvalue weighted by atomic mass is 35.5. The average Bonchev–Trinajstić information content (AvgIpc) is 1.97. The monoisotopic (exact) mass is 163 g/mol. The first-order valence-corrected chi connectivity index (χ1v) is 4.02. The standard InChI is InChI=1S/C8H17N.ClH/c1-7-4-3-5-8(2)9-6-7;/h7-9H,3-6H2,1-2H3;1H/t7-,8-;/m1./s1. The largest absolute Gasteiger partial charge is 0.314 e. The molecule has 0 aliphatic carbocycles. The molecule has 1 heterocycles. The van der Waals surface area contributed by atoms with Gasteiger partial charge in [-0.3, -0.25) is 0 Å². The second-order valence-electron chi connectivity index (χ2n) is 3.35. The topological polar surface area (TPSA) is 12.0 Å². The van der Waals surface area contributed by atoms with Crippen molar-refractivity contribution < 1.29 is 0 Å². The summed E-state index contributed by atoms with van der Waals surface area (Å²) in [6, 6.07) is 0.759. The summed E-state index contributed by atoms with van der Waals surface area (Å²) in [5.74, 6) is 0.898. The van der Waals surface area contributed by atoms with Crippen LogP contribution >= 0.6 is 12.4 Å². The molecule has 1 aliphatic rings. The van der Waals surface area contributed by atoms with Gasteiger partial charge in [-0.1, -0.05) is 13.3 Å². The molecule has 1 nitrogen and oxygen atoms in total. The minimum atomic E-state index is 0. The third kappa shape index (κ3) is 3.43. The molecule has 0 spiro atoms. The van der Waals surface area contributed by atoms with Gasteiger partial charge in [0.15, 0.2) is 0 Å². The van der Waals surface area contributed by atoms with Gasteiger partial charge < -0.3 is 5.32 Å². The molecule has 10 heavy (non-hydrogen) atoms. The fraction of sp³-hybridized carbons (Fsp3) is 1.00. The normalized spacial score (nSPS) is 34.2. The first-order chi connectivity index (χ1) is 4.29. The van der Waals surface area contributed by atoms with Crippen LogP contribution in [0, 0.1) is 5.92 Å². The summed E-state index contributed by atoms with van der Waals surface area (Å²) >= 11 is 0. The summed E-state index contributed by atoms with van der Waals surface area (Å²) in [5, 5.41) is 3.49. The maximum Gasteiger partial charge on any atom is 0.00388 e. The summed E-state index contributed by atoms with van der Waals surface area (Å²) < 4.78 is 0. The van der Waals surface area contributed by atoms with Crippen LogP contribution in [-0.2, 0) is 0 Å². The van der Waals surface area contributed by atoms with Crippen LogP contribution in [0.1, 0.15) is 33.1 Å². The average molecular weight is 164 g/mol. The van der Waals surface area contributed by atoms with Crippen LogP contribution in [0.3, 0.4) is 0 Å². The van der Waals surface area contributed by atoms with Crippen LogP contribution < -0.4 is 5.32 Å². The Balaban J connectivity index is 0.000000810. The van der Waals surface area contributed by atoms with Gasteiger partial charge in [-0.2, -0.15) is 0 Å². The van der Waals surface area contributed by atoms with E-state index in [0.29, 0.717) is 0 Å². The quantitative estimate of drug-likeness (QED) is 0.578. The highest BCUT2D eigenvalue weighted by Crippen LogP contribution is 2.12. The predicted octanol–water partition coefficient (Wildman–Crippen LogP) is 2.21. The molecule has 0 bridgehead atoms. The van der Waals surface area contributed by atoms with Crippen molar-refractivity contribution in [1.82, 2.24) is 5.32 Å². The molecular formula is C8H18ClN. The van der Waals surface area contributed by atoms with E-state index in [-0.39, 0.29) is 12.4 Å². The number of hydrogen-bond donors (Lipinski definition) is 1. The van der Waals surface area contributed by atoms with Crippen LogP contribution in [0.25, 0.3) is 0 Å². The zero-order valence-electron chi connectivity index (χ0n) is 6.89. The zero-order chi connectivity index (χ0) is 6.69. The number of nitrogens with one attached hydrogen (secondary N) is 1. The van der Waals surface area contributed by atoms with Gasteiger partial charge in [0.2, 0.25) is 0 Å². The molecule has 0 aromatic heterocycles. The first-order valence-electron chi connectivity index (χ1n) is 4.02. The Morgan fingerprint density at radius 2 is 1.90 bits per heavy atom. The molecule has 2 heteroatoms. The van der Waals surface area contributed by atoms with Crippen molar-refractivity contribution in [2.45, 2.75) is 39.2 Å². The lowest BCUT2D eigenvalue weighted by atomic mass is 10.1. The second kappa shape index (κ2) is 4.97. The Hall–Kier alpha value is 0.250. The van der Waals surface area contributed by atoms with Gasteiger partial charge >= 0.3 is 0 Å². The third-order valence-electron chi connectivity index (χ3n) is 2.15. The molecule has 1 saturated heterocycles. The lowest BCUT2D eigenvalue weighted by Crippen LogP contribution is -2.27. The smallest absolute Gasteiger partial charge is 0.00388 e. The Morgan fingerprint density at radius 1 is 1.20 bits per heavy atom. The van der Waals surface area contributed by atoms with Crippen LogP contribution in [0.4, 0.5) is 0 Å².